The highest BCUT2D eigenvalue weighted by atomic mass is 35.5. The molecule has 0 N–H and O–H groups in total. The predicted molar refractivity (Wildman–Crippen MR) is 67.8 cm³/mol. The van der Waals surface area contributed by atoms with E-state index >= 15 is 0 Å². The Morgan fingerprint density at radius 3 is 1.00 bits per heavy atom. The molecule has 14 heavy (non-hydrogen) atoms. The minimum Gasteiger partial charge on any atom is -0.311 e. The van der Waals surface area contributed by atoms with Gasteiger partial charge >= 0.3 is 0 Å². The zero-order valence-corrected chi connectivity index (χ0v) is 9.64. The lowest BCUT2D eigenvalue weighted by atomic mass is 10.3. The fourth-order valence-corrected chi connectivity index (χ4v) is 1.54. The van der Waals surface area contributed by atoms with Crippen LogP contribution in [-0.4, -0.2) is 30.7 Å². The lowest BCUT2D eigenvalue weighted by Gasteiger charge is -2.35. The Bertz CT molecular complexity index is 151. The van der Waals surface area contributed by atoms with Crippen LogP contribution in [-0.2, 0) is 0 Å². The largest absolute Gasteiger partial charge is 0.311 e. The third-order valence-electron chi connectivity index (χ3n) is 2.07. The van der Waals surface area contributed by atoms with E-state index < -0.39 is 0 Å². The summed E-state index contributed by atoms with van der Waals surface area (Å²) in [7, 11) is 0. The van der Waals surface area contributed by atoms with Gasteiger partial charge in [-0.25, -0.2) is 0 Å². The first-order valence-corrected chi connectivity index (χ1v) is 4.53. The van der Waals surface area contributed by atoms with Gasteiger partial charge in [-0.1, -0.05) is 26.3 Å². The maximum Gasteiger partial charge on any atom is 0.0978 e. The van der Waals surface area contributed by atoms with Crippen LogP contribution in [0.3, 0.4) is 0 Å². The highest BCUT2D eigenvalue weighted by Crippen LogP contribution is 2.07. The topological polar surface area (TPSA) is 0 Å². The Balaban J connectivity index is 0. The van der Waals surface area contributed by atoms with Crippen LogP contribution in [0.25, 0.3) is 0 Å². The molecular formula is C12H21ClN+. The molecule has 0 saturated heterocycles. The minimum atomic E-state index is 0. The van der Waals surface area contributed by atoms with Crippen LogP contribution in [0.5, 0.6) is 0 Å². The standard InChI is InChI=1S/C12H20N.ClH/c1-5-9-13(10-6-2,11-7-3)12-8-4;/h5-8H,1-4,9-12H2;1H/q+1;. The van der Waals surface area contributed by atoms with E-state index in [1.54, 1.807) is 0 Å². The fraction of sp³-hybridized carbons (Fsp3) is 0.333. The molecule has 0 aromatic carbocycles. The Hall–Kier alpha value is -0.790. The van der Waals surface area contributed by atoms with Crippen LogP contribution < -0.4 is 0 Å². The summed E-state index contributed by atoms with van der Waals surface area (Å²) in [5.41, 5.74) is 0. The molecule has 2 heteroatoms. The van der Waals surface area contributed by atoms with E-state index in [2.05, 4.69) is 26.3 Å². The number of halogens is 1. The van der Waals surface area contributed by atoms with Crippen molar-refractivity contribution in [2.45, 2.75) is 0 Å². The van der Waals surface area contributed by atoms with Crippen LogP contribution in [0.15, 0.2) is 50.6 Å². The van der Waals surface area contributed by atoms with Crippen molar-refractivity contribution in [3.63, 3.8) is 0 Å². The zero-order chi connectivity index (χ0) is 10.2. The summed E-state index contributed by atoms with van der Waals surface area (Å²) in [6.07, 6.45) is 7.76. The zero-order valence-electron chi connectivity index (χ0n) is 8.82. The van der Waals surface area contributed by atoms with Gasteiger partial charge in [0, 0.05) is 0 Å². The van der Waals surface area contributed by atoms with Gasteiger partial charge < -0.3 is 4.48 Å². The quantitative estimate of drug-likeness (QED) is 0.431. The number of nitrogens with zero attached hydrogens (tertiary/aromatic N) is 1. The van der Waals surface area contributed by atoms with E-state index in [4.69, 9.17) is 0 Å². The Labute approximate surface area is 94.1 Å². The average molecular weight is 215 g/mol. The van der Waals surface area contributed by atoms with Gasteiger partial charge in [-0.05, 0) is 24.3 Å². The van der Waals surface area contributed by atoms with Gasteiger partial charge in [0.1, 0.15) is 0 Å². The van der Waals surface area contributed by atoms with Gasteiger partial charge in [0.15, 0.2) is 0 Å². The monoisotopic (exact) mass is 214 g/mol. The predicted octanol–water partition coefficient (Wildman–Crippen LogP) is 2.97. The molecule has 0 aromatic rings. The molecule has 0 aromatic heterocycles. The van der Waals surface area contributed by atoms with Crippen molar-refractivity contribution in [3.8, 4) is 0 Å². The summed E-state index contributed by atoms with van der Waals surface area (Å²) in [6, 6.07) is 0. The van der Waals surface area contributed by atoms with Crippen molar-refractivity contribution in [2.75, 3.05) is 26.2 Å². The van der Waals surface area contributed by atoms with Crippen LogP contribution in [0.4, 0.5) is 0 Å². The fourth-order valence-electron chi connectivity index (χ4n) is 1.54. The normalized spacial score (nSPS) is 9.71. The van der Waals surface area contributed by atoms with E-state index in [0.717, 1.165) is 30.7 Å². The van der Waals surface area contributed by atoms with Crippen molar-refractivity contribution in [2.24, 2.45) is 0 Å². The second-order valence-electron chi connectivity index (χ2n) is 3.23. The molecule has 0 bridgehead atoms. The van der Waals surface area contributed by atoms with Gasteiger partial charge in [-0.2, -0.15) is 0 Å². The van der Waals surface area contributed by atoms with Crippen LogP contribution in [0.1, 0.15) is 0 Å². The van der Waals surface area contributed by atoms with E-state index in [9.17, 15) is 0 Å². The molecule has 0 saturated carbocycles. The molecule has 80 valence electrons. The molecular weight excluding hydrogens is 194 g/mol. The molecule has 0 amide bonds. The van der Waals surface area contributed by atoms with Crippen molar-refractivity contribution in [3.05, 3.63) is 50.6 Å². The third-order valence-corrected chi connectivity index (χ3v) is 2.07. The summed E-state index contributed by atoms with van der Waals surface area (Å²) in [5, 5.41) is 0. The third kappa shape index (κ3) is 5.05. The van der Waals surface area contributed by atoms with Crippen LogP contribution in [0.2, 0.25) is 0 Å². The van der Waals surface area contributed by atoms with Gasteiger partial charge in [-0.3, -0.25) is 0 Å². The summed E-state index contributed by atoms with van der Waals surface area (Å²) in [6.45, 7) is 18.8. The second-order valence-corrected chi connectivity index (χ2v) is 3.23. The van der Waals surface area contributed by atoms with Gasteiger partial charge in [0.05, 0.1) is 26.2 Å². The first-order valence-electron chi connectivity index (χ1n) is 4.53. The van der Waals surface area contributed by atoms with Crippen molar-refractivity contribution >= 4 is 12.4 Å². The molecule has 0 aliphatic heterocycles. The molecule has 0 atom stereocenters. The van der Waals surface area contributed by atoms with E-state index in [-0.39, 0.29) is 12.4 Å². The maximum absolute atomic E-state index is 3.77. The molecule has 0 rings (SSSR count). The number of hydrogen-bond acceptors (Lipinski definition) is 0. The molecule has 1 nitrogen and oxygen atoms in total. The summed E-state index contributed by atoms with van der Waals surface area (Å²) in [4.78, 5) is 0. The summed E-state index contributed by atoms with van der Waals surface area (Å²) >= 11 is 0. The Kier molecular flexibility index (Phi) is 9.84. The summed E-state index contributed by atoms with van der Waals surface area (Å²) in [5.74, 6) is 0. The van der Waals surface area contributed by atoms with E-state index in [1.165, 1.54) is 0 Å². The lowest BCUT2D eigenvalue weighted by molar-refractivity contribution is -0.906. The van der Waals surface area contributed by atoms with Crippen LogP contribution >= 0.6 is 12.4 Å². The highest BCUT2D eigenvalue weighted by Gasteiger charge is 2.20. The summed E-state index contributed by atoms with van der Waals surface area (Å²) < 4.78 is 0.903. The average Bonchev–Trinajstić information content (AvgIpc) is 2.06. The van der Waals surface area contributed by atoms with Crippen molar-refractivity contribution < 1.29 is 4.48 Å². The van der Waals surface area contributed by atoms with Crippen LogP contribution in [0, 0.1) is 0 Å². The van der Waals surface area contributed by atoms with Gasteiger partial charge in [-0.15, -0.1) is 12.4 Å². The first-order chi connectivity index (χ1) is 6.24. The van der Waals surface area contributed by atoms with Crippen molar-refractivity contribution in [1.82, 2.24) is 0 Å². The maximum atomic E-state index is 3.77. The number of hydrogen-bond donors (Lipinski definition) is 0. The first kappa shape index (κ1) is 15.7. The van der Waals surface area contributed by atoms with Gasteiger partial charge in [0.2, 0.25) is 0 Å². The second kappa shape index (κ2) is 8.79. The minimum absolute atomic E-state index is 0. The molecule has 0 fully saturated rings. The molecule has 0 radical (unpaired) electrons. The molecule has 0 heterocycles. The number of quaternary nitrogens is 1. The molecule has 0 spiro atoms. The smallest absolute Gasteiger partial charge is 0.0978 e. The molecule has 0 unspecified atom stereocenters. The SMILES string of the molecule is C=CC[N+](CC=C)(CC=C)CC=C.Cl. The van der Waals surface area contributed by atoms with Gasteiger partial charge in [0.25, 0.3) is 0 Å². The van der Waals surface area contributed by atoms with Crippen molar-refractivity contribution in [1.29, 1.82) is 0 Å². The highest BCUT2D eigenvalue weighted by molar-refractivity contribution is 5.85. The van der Waals surface area contributed by atoms with E-state index in [1.807, 2.05) is 24.3 Å². The van der Waals surface area contributed by atoms with E-state index in [0.29, 0.717) is 0 Å². The lowest BCUT2D eigenvalue weighted by Crippen LogP contribution is -2.48. The molecule has 0 aliphatic carbocycles. The number of rotatable bonds is 8. The Morgan fingerprint density at radius 2 is 0.857 bits per heavy atom. The Morgan fingerprint density at radius 1 is 0.643 bits per heavy atom. The molecule has 0 aliphatic rings.